The van der Waals surface area contributed by atoms with Crippen LogP contribution in [0.2, 0.25) is 0 Å². The van der Waals surface area contributed by atoms with E-state index in [1.165, 1.54) is 34.9 Å². The van der Waals surface area contributed by atoms with Crippen molar-refractivity contribution < 1.29 is 22.3 Å². The summed E-state index contributed by atoms with van der Waals surface area (Å²) in [5.41, 5.74) is 6.53. The summed E-state index contributed by atoms with van der Waals surface area (Å²) < 4.78 is 58.1. The number of aromatic nitrogens is 4. The third kappa shape index (κ3) is 3.81. The molecule has 0 atom stereocenters. The largest absolute Gasteiger partial charge is 0.435 e. The lowest BCUT2D eigenvalue weighted by atomic mass is 10.3. The zero-order chi connectivity index (χ0) is 21.4. The molecule has 0 amide bonds. The van der Waals surface area contributed by atoms with Gasteiger partial charge in [-0.3, -0.25) is 4.57 Å². The van der Waals surface area contributed by atoms with Gasteiger partial charge in [-0.25, -0.2) is 13.8 Å². The molecule has 154 valence electrons. The Kier molecular flexibility index (Phi) is 4.86. The van der Waals surface area contributed by atoms with Crippen LogP contribution in [0.25, 0.3) is 16.9 Å². The van der Waals surface area contributed by atoms with Crippen LogP contribution in [-0.2, 0) is 0 Å². The van der Waals surface area contributed by atoms with Crippen molar-refractivity contribution in [2.24, 2.45) is 0 Å². The second-order valence-electron chi connectivity index (χ2n) is 6.25. The molecule has 0 aliphatic heterocycles. The monoisotopic (exact) mass is 418 g/mol. The van der Waals surface area contributed by atoms with Gasteiger partial charge in [0, 0.05) is 23.9 Å². The molecule has 4 aromatic rings. The molecule has 2 aromatic heterocycles. The summed E-state index contributed by atoms with van der Waals surface area (Å²) in [6.45, 7) is -1.31. The highest BCUT2D eigenvalue weighted by molar-refractivity contribution is 5.79. The maximum Gasteiger partial charge on any atom is 0.387 e. The highest BCUT2D eigenvalue weighted by atomic mass is 19.3. The number of nitrogens with two attached hydrogens (primary N) is 1. The van der Waals surface area contributed by atoms with Crippen LogP contribution in [-0.4, -0.2) is 26.1 Å². The third-order valence-electron chi connectivity index (χ3n) is 4.13. The highest BCUT2D eigenvalue weighted by Gasteiger charge is 2.17. The van der Waals surface area contributed by atoms with E-state index in [2.05, 4.69) is 25.0 Å². The zero-order valence-electron chi connectivity index (χ0n) is 15.4. The number of fused-ring (bicyclic) bond motifs is 1. The molecule has 4 rings (SSSR count). The topological polar surface area (TPSA) is 90.9 Å². The summed E-state index contributed by atoms with van der Waals surface area (Å²) in [4.78, 5) is 12.6. The molecule has 2 aromatic carbocycles. The Morgan fingerprint density at radius 2 is 1.77 bits per heavy atom. The van der Waals surface area contributed by atoms with Gasteiger partial charge in [-0.15, -0.1) is 0 Å². The zero-order valence-corrected chi connectivity index (χ0v) is 15.4. The van der Waals surface area contributed by atoms with E-state index in [1.807, 2.05) is 0 Å². The summed E-state index contributed by atoms with van der Waals surface area (Å²) in [6.07, 6.45) is 0. The Morgan fingerprint density at radius 1 is 1.03 bits per heavy atom. The summed E-state index contributed by atoms with van der Waals surface area (Å²) in [6, 6.07) is 8.97. The predicted octanol–water partition coefficient (Wildman–Crippen LogP) is 4.33. The number of aryl methyl sites for hydroxylation is 1. The second kappa shape index (κ2) is 7.50. The molecule has 30 heavy (non-hydrogen) atoms. The first-order valence-corrected chi connectivity index (χ1v) is 8.61. The summed E-state index contributed by atoms with van der Waals surface area (Å²) >= 11 is 0. The van der Waals surface area contributed by atoms with Crippen molar-refractivity contribution in [1.29, 1.82) is 0 Å². The highest BCUT2D eigenvalue weighted by Crippen LogP contribution is 2.26. The minimum Gasteiger partial charge on any atom is -0.435 e. The van der Waals surface area contributed by atoms with Crippen molar-refractivity contribution in [2.75, 3.05) is 11.1 Å². The van der Waals surface area contributed by atoms with Crippen LogP contribution in [0.3, 0.4) is 0 Å². The third-order valence-corrected chi connectivity index (χ3v) is 4.13. The van der Waals surface area contributed by atoms with Crippen molar-refractivity contribution in [2.45, 2.75) is 13.5 Å². The normalized spacial score (nSPS) is 11.3. The van der Waals surface area contributed by atoms with E-state index in [0.29, 0.717) is 11.5 Å². The van der Waals surface area contributed by atoms with Crippen LogP contribution < -0.4 is 15.8 Å². The minimum atomic E-state index is -2.93. The number of halogens is 4. The molecule has 0 spiro atoms. The molecular formula is C19H14F4N6O. The smallest absolute Gasteiger partial charge is 0.387 e. The average molecular weight is 418 g/mol. The standard InChI is InChI=1S/C19H14F4N6O/c1-9-25-14-7-10(20)6-13(21)17(14)29(9)16-8-15(24)27-19(28-16)26-11-2-4-12(5-3-11)30-18(22)23/h2-8,18H,1H3,(H3,24,26,27,28). The first kappa shape index (κ1) is 19.4. The molecule has 7 nitrogen and oxygen atoms in total. The second-order valence-corrected chi connectivity index (χ2v) is 6.25. The van der Waals surface area contributed by atoms with E-state index in [4.69, 9.17) is 5.73 Å². The first-order chi connectivity index (χ1) is 14.3. The Bertz CT molecular complexity index is 1230. The molecular weight excluding hydrogens is 404 g/mol. The van der Waals surface area contributed by atoms with E-state index in [0.717, 1.165) is 12.1 Å². The van der Waals surface area contributed by atoms with E-state index in [9.17, 15) is 17.6 Å². The molecule has 0 radical (unpaired) electrons. The number of nitrogens with one attached hydrogen (secondary N) is 1. The van der Waals surface area contributed by atoms with Gasteiger partial charge in [0.2, 0.25) is 5.95 Å². The van der Waals surface area contributed by atoms with E-state index in [-0.39, 0.29) is 34.4 Å². The van der Waals surface area contributed by atoms with Gasteiger partial charge in [-0.05, 0) is 31.2 Å². The van der Waals surface area contributed by atoms with Gasteiger partial charge < -0.3 is 15.8 Å². The van der Waals surface area contributed by atoms with Gasteiger partial charge in [0.05, 0.1) is 5.52 Å². The van der Waals surface area contributed by atoms with E-state index >= 15 is 0 Å². The van der Waals surface area contributed by atoms with Crippen molar-refractivity contribution in [1.82, 2.24) is 19.5 Å². The Balaban J connectivity index is 1.71. The molecule has 0 saturated heterocycles. The summed E-state index contributed by atoms with van der Waals surface area (Å²) in [5, 5.41) is 2.89. The lowest BCUT2D eigenvalue weighted by molar-refractivity contribution is -0.0498. The fraction of sp³-hybridized carbons (Fsp3) is 0.105. The van der Waals surface area contributed by atoms with Gasteiger partial charge in [0.15, 0.2) is 5.82 Å². The van der Waals surface area contributed by atoms with Gasteiger partial charge in [-0.2, -0.15) is 18.7 Å². The number of anilines is 3. The van der Waals surface area contributed by atoms with Gasteiger partial charge in [-0.1, -0.05) is 0 Å². The van der Waals surface area contributed by atoms with Crippen LogP contribution in [0.5, 0.6) is 5.75 Å². The van der Waals surface area contributed by atoms with Crippen molar-refractivity contribution in [3.8, 4) is 11.6 Å². The maximum atomic E-state index is 14.4. The number of benzene rings is 2. The quantitative estimate of drug-likeness (QED) is 0.469. The predicted molar refractivity (Wildman–Crippen MR) is 102 cm³/mol. The molecule has 11 heteroatoms. The fourth-order valence-corrected chi connectivity index (χ4v) is 3.00. The Labute approximate surface area is 167 Å². The van der Waals surface area contributed by atoms with Gasteiger partial charge >= 0.3 is 6.61 Å². The molecule has 2 heterocycles. The Morgan fingerprint density at radius 3 is 2.47 bits per heavy atom. The first-order valence-electron chi connectivity index (χ1n) is 8.61. The van der Waals surface area contributed by atoms with Crippen molar-refractivity contribution in [3.05, 3.63) is 59.9 Å². The summed E-state index contributed by atoms with van der Waals surface area (Å²) in [5.74, 6) is -0.797. The van der Waals surface area contributed by atoms with Crippen LogP contribution in [0.4, 0.5) is 35.0 Å². The van der Waals surface area contributed by atoms with Gasteiger partial charge in [0.25, 0.3) is 0 Å². The van der Waals surface area contributed by atoms with Crippen molar-refractivity contribution in [3.63, 3.8) is 0 Å². The van der Waals surface area contributed by atoms with Crippen LogP contribution in [0, 0.1) is 18.6 Å². The fourth-order valence-electron chi connectivity index (χ4n) is 3.00. The number of alkyl halides is 2. The Hall–Kier alpha value is -3.89. The van der Waals surface area contributed by atoms with Gasteiger partial charge in [0.1, 0.15) is 34.5 Å². The molecule has 0 aliphatic rings. The average Bonchev–Trinajstić information content (AvgIpc) is 2.98. The molecule has 3 N–H and O–H groups in total. The number of ether oxygens (including phenoxy) is 1. The van der Waals surface area contributed by atoms with Crippen LogP contribution in [0.15, 0.2) is 42.5 Å². The SMILES string of the molecule is Cc1nc2cc(F)cc(F)c2n1-c1cc(N)nc(Nc2ccc(OC(F)F)cc2)n1. The summed E-state index contributed by atoms with van der Waals surface area (Å²) in [7, 11) is 0. The molecule has 0 fully saturated rings. The lowest BCUT2D eigenvalue weighted by Gasteiger charge is -2.11. The van der Waals surface area contributed by atoms with E-state index in [1.54, 1.807) is 6.92 Å². The van der Waals surface area contributed by atoms with E-state index < -0.39 is 18.2 Å². The van der Waals surface area contributed by atoms with Crippen LogP contribution in [0.1, 0.15) is 5.82 Å². The number of hydrogen-bond acceptors (Lipinski definition) is 6. The van der Waals surface area contributed by atoms with Crippen LogP contribution >= 0.6 is 0 Å². The number of nitrogens with zero attached hydrogens (tertiary/aromatic N) is 4. The molecule has 0 bridgehead atoms. The molecule has 0 aliphatic carbocycles. The van der Waals surface area contributed by atoms with Crippen molar-refractivity contribution >= 4 is 28.5 Å². The number of rotatable bonds is 5. The minimum absolute atomic E-state index is 0.00653. The number of imidazole rings is 1. The molecule has 0 unspecified atom stereocenters. The number of nitrogen functional groups attached to an aromatic ring is 1. The molecule has 0 saturated carbocycles. The number of hydrogen-bond donors (Lipinski definition) is 2. The maximum absolute atomic E-state index is 14.4. The lowest BCUT2D eigenvalue weighted by Crippen LogP contribution is -2.07.